The third-order valence-electron chi connectivity index (χ3n) is 2.83. The molecule has 0 bridgehead atoms. The van der Waals surface area contributed by atoms with Gasteiger partial charge in [0.15, 0.2) is 0 Å². The summed E-state index contributed by atoms with van der Waals surface area (Å²) in [6.07, 6.45) is 1.16. The topological polar surface area (TPSA) is 38.0 Å². The fourth-order valence-electron chi connectivity index (χ4n) is 1.65. The van der Waals surface area contributed by atoms with Gasteiger partial charge in [0, 0.05) is 19.1 Å². The van der Waals surface area contributed by atoms with Crippen molar-refractivity contribution in [3.8, 4) is 0 Å². The molecule has 0 amide bonds. The first-order valence-electron chi connectivity index (χ1n) is 5.76. The van der Waals surface area contributed by atoms with E-state index in [2.05, 4.69) is 49.5 Å². The van der Waals surface area contributed by atoms with Crippen molar-refractivity contribution in [2.75, 3.05) is 13.1 Å². The molecule has 0 saturated heterocycles. The lowest BCUT2D eigenvalue weighted by Gasteiger charge is -2.19. The first-order chi connectivity index (χ1) is 7.27. The molecular formula is C13H22N2. The molecule has 3 N–H and O–H groups in total. The molecule has 0 aromatic heterocycles. The predicted octanol–water partition coefficient (Wildman–Crippen LogP) is 2.12. The van der Waals surface area contributed by atoms with E-state index in [0.717, 1.165) is 13.0 Å². The highest BCUT2D eigenvalue weighted by Crippen LogP contribution is 2.17. The van der Waals surface area contributed by atoms with Crippen LogP contribution in [0.4, 0.5) is 0 Å². The van der Waals surface area contributed by atoms with Crippen molar-refractivity contribution in [3.63, 3.8) is 0 Å². The molecule has 0 fully saturated rings. The molecule has 1 unspecified atom stereocenters. The Labute approximate surface area is 92.9 Å². The van der Waals surface area contributed by atoms with E-state index < -0.39 is 0 Å². The lowest BCUT2D eigenvalue weighted by atomic mass is 9.96. The SMILES string of the molecule is CCC(CN[C@H](C)CN)c1ccccc1. The zero-order chi connectivity index (χ0) is 11.1. The summed E-state index contributed by atoms with van der Waals surface area (Å²) in [6.45, 7) is 6.06. The Hall–Kier alpha value is -0.860. The van der Waals surface area contributed by atoms with Gasteiger partial charge in [0.1, 0.15) is 0 Å². The van der Waals surface area contributed by atoms with Crippen LogP contribution in [0.1, 0.15) is 31.7 Å². The van der Waals surface area contributed by atoms with Crippen molar-refractivity contribution in [1.82, 2.24) is 5.32 Å². The van der Waals surface area contributed by atoms with Crippen LogP contribution in [0, 0.1) is 0 Å². The smallest absolute Gasteiger partial charge is 0.0162 e. The Balaban J connectivity index is 2.50. The molecule has 0 spiro atoms. The van der Waals surface area contributed by atoms with Crippen LogP contribution in [0.3, 0.4) is 0 Å². The molecule has 0 saturated carbocycles. The highest BCUT2D eigenvalue weighted by Gasteiger charge is 2.09. The van der Waals surface area contributed by atoms with Crippen LogP contribution in [0.25, 0.3) is 0 Å². The summed E-state index contributed by atoms with van der Waals surface area (Å²) in [6, 6.07) is 11.1. The highest BCUT2D eigenvalue weighted by molar-refractivity contribution is 5.19. The fraction of sp³-hybridized carbons (Fsp3) is 0.538. The van der Waals surface area contributed by atoms with Crippen LogP contribution in [-0.2, 0) is 0 Å². The molecule has 2 heteroatoms. The molecule has 0 aliphatic carbocycles. The molecule has 0 aliphatic rings. The minimum Gasteiger partial charge on any atom is -0.329 e. The van der Waals surface area contributed by atoms with E-state index in [1.807, 2.05) is 0 Å². The van der Waals surface area contributed by atoms with E-state index in [-0.39, 0.29) is 0 Å². The summed E-state index contributed by atoms with van der Waals surface area (Å²) in [7, 11) is 0. The van der Waals surface area contributed by atoms with Gasteiger partial charge in [-0.1, -0.05) is 37.3 Å². The van der Waals surface area contributed by atoms with Crippen molar-refractivity contribution in [1.29, 1.82) is 0 Å². The van der Waals surface area contributed by atoms with Crippen molar-refractivity contribution in [2.45, 2.75) is 32.2 Å². The second-order valence-corrected chi connectivity index (χ2v) is 4.06. The number of rotatable bonds is 6. The Bertz CT molecular complexity index is 258. The maximum atomic E-state index is 5.58. The third-order valence-corrected chi connectivity index (χ3v) is 2.83. The Morgan fingerprint density at radius 2 is 1.93 bits per heavy atom. The molecule has 1 aromatic rings. The molecule has 2 atom stereocenters. The van der Waals surface area contributed by atoms with Gasteiger partial charge in [-0.05, 0) is 24.8 Å². The average Bonchev–Trinajstić information content (AvgIpc) is 2.31. The van der Waals surface area contributed by atoms with Crippen LogP contribution in [0.5, 0.6) is 0 Å². The molecule has 84 valence electrons. The average molecular weight is 206 g/mol. The highest BCUT2D eigenvalue weighted by atomic mass is 14.9. The van der Waals surface area contributed by atoms with Gasteiger partial charge in [-0.2, -0.15) is 0 Å². The third kappa shape index (κ3) is 4.02. The minimum absolute atomic E-state index is 0.405. The molecule has 0 radical (unpaired) electrons. The van der Waals surface area contributed by atoms with E-state index >= 15 is 0 Å². The van der Waals surface area contributed by atoms with E-state index in [9.17, 15) is 0 Å². The van der Waals surface area contributed by atoms with Gasteiger partial charge >= 0.3 is 0 Å². The van der Waals surface area contributed by atoms with Gasteiger partial charge in [-0.3, -0.25) is 0 Å². The van der Waals surface area contributed by atoms with Gasteiger partial charge in [-0.25, -0.2) is 0 Å². The van der Waals surface area contributed by atoms with Crippen molar-refractivity contribution >= 4 is 0 Å². The summed E-state index contributed by atoms with van der Waals surface area (Å²) < 4.78 is 0. The first-order valence-corrected chi connectivity index (χ1v) is 5.76. The molecular weight excluding hydrogens is 184 g/mol. The van der Waals surface area contributed by atoms with Crippen LogP contribution < -0.4 is 11.1 Å². The van der Waals surface area contributed by atoms with Gasteiger partial charge in [0.25, 0.3) is 0 Å². The molecule has 1 aromatic carbocycles. The minimum atomic E-state index is 0.405. The van der Waals surface area contributed by atoms with E-state index in [1.54, 1.807) is 0 Å². The lowest BCUT2D eigenvalue weighted by Crippen LogP contribution is -2.35. The Morgan fingerprint density at radius 1 is 1.27 bits per heavy atom. The molecule has 2 nitrogen and oxygen atoms in total. The van der Waals surface area contributed by atoms with Crippen molar-refractivity contribution < 1.29 is 0 Å². The first kappa shape index (κ1) is 12.2. The fourth-order valence-corrected chi connectivity index (χ4v) is 1.65. The standard InChI is InChI=1S/C13H22N2/c1-3-12(10-15-11(2)9-14)13-7-5-4-6-8-13/h4-8,11-12,15H,3,9-10,14H2,1-2H3/t11-,12?/m1/s1. The summed E-state index contributed by atoms with van der Waals surface area (Å²) in [5, 5.41) is 3.46. The van der Waals surface area contributed by atoms with Crippen LogP contribution in [0.2, 0.25) is 0 Å². The van der Waals surface area contributed by atoms with Crippen LogP contribution >= 0.6 is 0 Å². The summed E-state index contributed by atoms with van der Waals surface area (Å²) >= 11 is 0. The second kappa shape index (κ2) is 6.59. The summed E-state index contributed by atoms with van der Waals surface area (Å²) in [5.41, 5.74) is 6.99. The zero-order valence-corrected chi connectivity index (χ0v) is 9.74. The number of nitrogens with one attached hydrogen (secondary N) is 1. The number of hydrogen-bond donors (Lipinski definition) is 2. The van der Waals surface area contributed by atoms with Crippen molar-refractivity contribution in [2.24, 2.45) is 5.73 Å². The zero-order valence-electron chi connectivity index (χ0n) is 9.74. The van der Waals surface area contributed by atoms with E-state index in [1.165, 1.54) is 5.56 Å². The van der Waals surface area contributed by atoms with Crippen LogP contribution in [-0.4, -0.2) is 19.1 Å². The monoisotopic (exact) mass is 206 g/mol. The number of benzene rings is 1. The Morgan fingerprint density at radius 3 is 2.47 bits per heavy atom. The molecule has 0 aliphatic heterocycles. The molecule has 1 rings (SSSR count). The largest absolute Gasteiger partial charge is 0.329 e. The molecule has 15 heavy (non-hydrogen) atoms. The Kier molecular flexibility index (Phi) is 5.37. The summed E-state index contributed by atoms with van der Waals surface area (Å²) in [5.74, 6) is 0.597. The lowest BCUT2D eigenvalue weighted by molar-refractivity contribution is 0.503. The maximum absolute atomic E-state index is 5.58. The van der Waals surface area contributed by atoms with Gasteiger partial charge in [0.2, 0.25) is 0 Å². The van der Waals surface area contributed by atoms with E-state index in [4.69, 9.17) is 5.73 Å². The second-order valence-electron chi connectivity index (χ2n) is 4.06. The molecule has 0 heterocycles. The quantitative estimate of drug-likeness (QED) is 0.748. The van der Waals surface area contributed by atoms with Crippen LogP contribution in [0.15, 0.2) is 30.3 Å². The van der Waals surface area contributed by atoms with E-state index in [0.29, 0.717) is 18.5 Å². The maximum Gasteiger partial charge on any atom is 0.0162 e. The van der Waals surface area contributed by atoms with Gasteiger partial charge < -0.3 is 11.1 Å². The number of hydrogen-bond acceptors (Lipinski definition) is 2. The number of nitrogens with two attached hydrogens (primary N) is 1. The van der Waals surface area contributed by atoms with Gasteiger partial charge in [0.05, 0.1) is 0 Å². The predicted molar refractivity (Wildman–Crippen MR) is 66.0 cm³/mol. The van der Waals surface area contributed by atoms with Crippen molar-refractivity contribution in [3.05, 3.63) is 35.9 Å². The van der Waals surface area contributed by atoms with Gasteiger partial charge in [-0.15, -0.1) is 0 Å². The summed E-state index contributed by atoms with van der Waals surface area (Å²) in [4.78, 5) is 0. The normalized spacial score (nSPS) is 14.9.